The van der Waals surface area contributed by atoms with E-state index in [-0.39, 0.29) is 24.9 Å². The zero-order valence-corrected chi connectivity index (χ0v) is 21.5. The number of aromatic nitrogens is 4. The Morgan fingerprint density at radius 3 is 2.82 bits per heavy atom. The molecule has 0 fully saturated rings. The van der Waals surface area contributed by atoms with Gasteiger partial charge in [-0.25, -0.2) is 9.78 Å². The Hall–Kier alpha value is -2.60. The van der Waals surface area contributed by atoms with E-state index in [9.17, 15) is 9.59 Å². The van der Waals surface area contributed by atoms with Crippen LogP contribution in [0, 0.1) is 6.92 Å². The molecule has 2 aromatic heterocycles. The van der Waals surface area contributed by atoms with Crippen LogP contribution in [0.25, 0.3) is 0 Å². The molecule has 3 aromatic rings. The van der Waals surface area contributed by atoms with Gasteiger partial charge in [-0.1, -0.05) is 52.4 Å². The van der Waals surface area contributed by atoms with Gasteiger partial charge in [0, 0.05) is 11.6 Å². The molecule has 34 heavy (non-hydrogen) atoms. The van der Waals surface area contributed by atoms with E-state index >= 15 is 0 Å². The number of hydrogen-bond acceptors (Lipinski definition) is 9. The number of carbonyl (C=O) groups is 2. The molecule has 13 heteroatoms. The fourth-order valence-corrected chi connectivity index (χ4v) is 4.81. The van der Waals surface area contributed by atoms with Crippen molar-refractivity contribution in [2.24, 2.45) is 0 Å². The van der Waals surface area contributed by atoms with Gasteiger partial charge in [0.15, 0.2) is 16.1 Å². The van der Waals surface area contributed by atoms with E-state index in [4.69, 9.17) is 32.7 Å². The molecule has 9 nitrogen and oxygen atoms in total. The fraction of sp³-hybridized carbons (Fsp3) is 0.286. The molecule has 0 atom stereocenters. The van der Waals surface area contributed by atoms with E-state index in [2.05, 4.69) is 27.1 Å². The lowest BCUT2D eigenvalue weighted by atomic mass is 10.3. The number of nitrogens with zero attached hydrogens (tertiary/aromatic N) is 4. The van der Waals surface area contributed by atoms with Crippen LogP contribution < -0.4 is 10.1 Å². The lowest BCUT2D eigenvalue weighted by molar-refractivity contribution is -0.113. The van der Waals surface area contributed by atoms with E-state index < -0.39 is 5.97 Å². The minimum absolute atomic E-state index is 0.0620. The summed E-state index contributed by atoms with van der Waals surface area (Å²) in [5.41, 5.74) is 0.502. The summed E-state index contributed by atoms with van der Waals surface area (Å²) in [4.78, 5) is 29.0. The molecule has 2 heterocycles. The van der Waals surface area contributed by atoms with Crippen LogP contribution in [0.2, 0.25) is 10.0 Å². The molecule has 3 rings (SSSR count). The number of ether oxygens (including phenoxy) is 2. The number of hydrogen-bond donors (Lipinski definition) is 1. The molecular weight excluding hydrogens is 521 g/mol. The van der Waals surface area contributed by atoms with Gasteiger partial charge in [-0.15, -0.1) is 16.8 Å². The van der Waals surface area contributed by atoms with Crippen LogP contribution >= 0.6 is 46.3 Å². The molecular formula is C21H21Cl2N5O4S2. The van der Waals surface area contributed by atoms with Crippen molar-refractivity contribution in [1.29, 1.82) is 0 Å². The third kappa shape index (κ3) is 6.72. The average Bonchev–Trinajstić information content (AvgIpc) is 3.35. The van der Waals surface area contributed by atoms with Crippen molar-refractivity contribution in [2.45, 2.75) is 32.2 Å². The molecule has 0 saturated heterocycles. The summed E-state index contributed by atoms with van der Waals surface area (Å²) in [5.74, 6) is 0.316. The maximum absolute atomic E-state index is 12.4. The lowest BCUT2D eigenvalue weighted by Gasteiger charge is -2.10. The number of carbonyl (C=O) groups excluding carboxylic acids is 2. The number of nitrogens with one attached hydrogen (secondary N) is 1. The quantitative estimate of drug-likeness (QED) is 0.204. The Labute approximate surface area is 214 Å². The van der Waals surface area contributed by atoms with Gasteiger partial charge in [0.25, 0.3) is 0 Å². The van der Waals surface area contributed by atoms with Crippen LogP contribution in [-0.2, 0) is 22.7 Å². The van der Waals surface area contributed by atoms with E-state index in [1.165, 1.54) is 11.8 Å². The predicted molar refractivity (Wildman–Crippen MR) is 133 cm³/mol. The van der Waals surface area contributed by atoms with E-state index in [0.717, 1.165) is 11.3 Å². The van der Waals surface area contributed by atoms with Gasteiger partial charge in [0.2, 0.25) is 5.91 Å². The van der Waals surface area contributed by atoms with Crippen LogP contribution in [0.15, 0.2) is 36.0 Å². The average molecular weight is 542 g/mol. The molecule has 0 spiro atoms. The van der Waals surface area contributed by atoms with Gasteiger partial charge in [-0.05, 0) is 32.0 Å². The van der Waals surface area contributed by atoms with Gasteiger partial charge in [0.1, 0.15) is 17.2 Å². The largest absolute Gasteiger partial charge is 0.484 e. The number of halogens is 2. The van der Waals surface area contributed by atoms with Crippen LogP contribution in [0.3, 0.4) is 0 Å². The van der Waals surface area contributed by atoms with Crippen molar-refractivity contribution in [3.05, 3.63) is 57.3 Å². The summed E-state index contributed by atoms with van der Waals surface area (Å²) in [5, 5.41) is 12.8. The molecule has 180 valence electrons. The monoisotopic (exact) mass is 541 g/mol. The molecule has 0 saturated carbocycles. The summed E-state index contributed by atoms with van der Waals surface area (Å²) >= 11 is 14.3. The molecule has 0 bridgehead atoms. The van der Waals surface area contributed by atoms with Crippen LogP contribution in [0.4, 0.5) is 5.13 Å². The van der Waals surface area contributed by atoms with Crippen molar-refractivity contribution in [2.75, 3.05) is 17.7 Å². The highest BCUT2D eigenvalue weighted by Gasteiger charge is 2.19. The lowest BCUT2D eigenvalue weighted by Crippen LogP contribution is -2.15. The number of thioether (sulfide) groups is 1. The molecule has 0 unspecified atom stereocenters. The van der Waals surface area contributed by atoms with E-state index in [0.29, 0.717) is 49.0 Å². The van der Waals surface area contributed by atoms with Crippen molar-refractivity contribution in [1.82, 2.24) is 19.7 Å². The first-order chi connectivity index (χ1) is 16.3. The van der Waals surface area contributed by atoms with Crippen LogP contribution in [0.5, 0.6) is 5.75 Å². The number of esters is 1. The fourth-order valence-electron chi connectivity index (χ4n) is 2.70. The normalized spacial score (nSPS) is 10.7. The van der Waals surface area contributed by atoms with Gasteiger partial charge in [-0.2, -0.15) is 0 Å². The smallest absolute Gasteiger partial charge is 0.350 e. The summed E-state index contributed by atoms with van der Waals surface area (Å²) in [7, 11) is 0. The van der Waals surface area contributed by atoms with E-state index in [1.54, 1.807) is 42.7 Å². The standard InChI is InChI=1S/C21H21Cl2N5O4S2/c1-4-8-28-16(10-32-15-7-6-13(22)9-14(15)23)26-27-21(28)33-11-17(29)25-20-24-12(3)18(34-20)19(30)31-5-2/h4,6-7,9H,1,5,8,10-11H2,2-3H3,(H,24,25,29). The molecule has 1 amide bonds. The third-order valence-corrected chi connectivity index (χ3v) is 6.74. The number of amides is 1. The van der Waals surface area contributed by atoms with Crippen LogP contribution in [0.1, 0.15) is 28.1 Å². The summed E-state index contributed by atoms with van der Waals surface area (Å²) in [6, 6.07) is 4.94. The Morgan fingerprint density at radius 1 is 1.32 bits per heavy atom. The molecule has 1 aromatic carbocycles. The minimum atomic E-state index is -0.459. The molecule has 0 radical (unpaired) electrons. The first-order valence-corrected chi connectivity index (χ1v) is 12.6. The second-order valence-corrected chi connectivity index (χ2v) is 9.44. The Morgan fingerprint density at radius 2 is 2.12 bits per heavy atom. The topological polar surface area (TPSA) is 108 Å². The van der Waals surface area contributed by atoms with Gasteiger partial charge in [-0.3, -0.25) is 9.36 Å². The van der Waals surface area contributed by atoms with Gasteiger partial charge < -0.3 is 14.8 Å². The molecule has 0 aliphatic carbocycles. The number of benzene rings is 1. The van der Waals surface area contributed by atoms with Crippen molar-refractivity contribution in [3.8, 4) is 5.75 Å². The number of aryl methyl sites for hydroxylation is 1. The highest BCUT2D eigenvalue weighted by atomic mass is 35.5. The number of thiazole rings is 1. The molecule has 0 aliphatic rings. The van der Waals surface area contributed by atoms with Crippen molar-refractivity contribution >= 4 is 63.3 Å². The SMILES string of the molecule is C=CCn1c(COc2ccc(Cl)cc2Cl)nnc1SCC(=O)Nc1nc(C)c(C(=O)OCC)s1. The second-order valence-electron chi connectivity index (χ2n) is 6.65. The number of rotatable bonds is 11. The number of allylic oxidation sites excluding steroid dienone is 1. The number of anilines is 1. The highest BCUT2D eigenvalue weighted by Crippen LogP contribution is 2.28. The Balaban J connectivity index is 1.61. The molecule has 1 N–H and O–H groups in total. The minimum Gasteiger partial charge on any atom is -0.484 e. The summed E-state index contributed by atoms with van der Waals surface area (Å²) < 4.78 is 12.5. The summed E-state index contributed by atoms with van der Waals surface area (Å²) in [6.07, 6.45) is 1.70. The predicted octanol–water partition coefficient (Wildman–Crippen LogP) is 5.02. The summed E-state index contributed by atoms with van der Waals surface area (Å²) in [6.45, 7) is 7.98. The zero-order chi connectivity index (χ0) is 24.7. The van der Waals surface area contributed by atoms with Crippen molar-refractivity contribution < 1.29 is 19.1 Å². The Kier molecular flexibility index (Phi) is 9.34. The van der Waals surface area contributed by atoms with Crippen LogP contribution in [-0.4, -0.2) is 44.0 Å². The second kappa shape index (κ2) is 12.2. The van der Waals surface area contributed by atoms with Gasteiger partial charge in [0.05, 0.1) is 23.1 Å². The first-order valence-electron chi connectivity index (χ1n) is 10.00. The Bertz CT molecular complexity index is 1200. The molecule has 0 aliphatic heterocycles. The zero-order valence-electron chi connectivity index (χ0n) is 18.3. The highest BCUT2D eigenvalue weighted by molar-refractivity contribution is 7.99. The van der Waals surface area contributed by atoms with Gasteiger partial charge >= 0.3 is 5.97 Å². The first kappa shape index (κ1) is 26.0. The third-order valence-electron chi connectivity index (χ3n) is 4.19. The van der Waals surface area contributed by atoms with Crippen molar-refractivity contribution in [3.63, 3.8) is 0 Å². The maximum Gasteiger partial charge on any atom is 0.350 e. The maximum atomic E-state index is 12.4. The van der Waals surface area contributed by atoms with E-state index in [1.807, 2.05) is 0 Å².